The van der Waals surface area contributed by atoms with Crippen LogP contribution in [0.2, 0.25) is 0 Å². The van der Waals surface area contributed by atoms with Gasteiger partial charge in [0.25, 0.3) is 0 Å². The predicted molar refractivity (Wildman–Crippen MR) is 139 cm³/mol. The summed E-state index contributed by atoms with van der Waals surface area (Å²) in [6.45, 7) is 5.78. The van der Waals surface area contributed by atoms with Crippen LogP contribution in [-0.4, -0.2) is 46.6 Å². The van der Waals surface area contributed by atoms with Gasteiger partial charge in [-0.25, -0.2) is 14.0 Å². The maximum Gasteiger partial charge on any atom is 0.335 e. The molecule has 186 valence electrons. The highest BCUT2D eigenvalue weighted by Gasteiger charge is 2.22. The van der Waals surface area contributed by atoms with Crippen molar-refractivity contribution in [1.29, 1.82) is 0 Å². The number of methoxy groups -OCH3 is 1. The Hall–Kier alpha value is -2.95. The molecule has 0 bridgehead atoms. The van der Waals surface area contributed by atoms with Gasteiger partial charge in [0, 0.05) is 24.9 Å². The third-order valence-electron chi connectivity index (χ3n) is 6.09. The van der Waals surface area contributed by atoms with Gasteiger partial charge >= 0.3 is 5.97 Å². The van der Waals surface area contributed by atoms with Crippen LogP contribution in [0.1, 0.15) is 35.8 Å². The minimum atomic E-state index is -1.63. The normalized spacial score (nSPS) is 15.9. The second kappa shape index (κ2) is 11.2. The van der Waals surface area contributed by atoms with Crippen LogP contribution >= 0.6 is 11.3 Å². The molecule has 1 aliphatic rings. The first-order valence-electron chi connectivity index (χ1n) is 11.4. The molecule has 2 heterocycles. The van der Waals surface area contributed by atoms with Crippen LogP contribution < -0.4 is 14.8 Å². The Kier molecular flexibility index (Phi) is 8.04. The lowest BCUT2D eigenvalue weighted by Gasteiger charge is -2.28. The van der Waals surface area contributed by atoms with E-state index in [4.69, 9.17) is 19.6 Å². The molecule has 2 aromatic carbocycles. The number of carboxylic acid groups (broad SMARTS) is 1. The molecule has 1 aliphatic heterocycles. The van der Waals surface area contributed by atoms with Gasteiger partial charge in [-0.15, -0.1) is 0 Å². The number of benzene rings is 2. The first-order chi connectivity index (χ1) is 16.9. The van der Waals surface area contributed by atoms with Crippen molar-refractivity contribution in [2.75, 3.05) is 30.4 Å². The summed E-state index contributed by atoms with van der Waals surface area (Å²) in [6, 6.07) is 12.0. The Labute approximate surface area is 211 Å². The number of nitrogens with one attached hydrogen (secondary N) is 2. The summed E-state index contributed by atoms with van der Waals surface area (Å²) < 4.78 is 27.0. The fourth-order valence-electron chi connectivity index (χ4n) is 4.06. The smallest absolute Gasteiger partial charge is 0.335 e. The van der Waals surface area contributed by atoms with Crippen molar-refractivity contribution < 1.29 is 23.6 Å². The van der Waals surface area contributed by atoms with E-state index in [0.29, 0.717) is 28.3 Å². The van der Waals surface area contributed by atoms with E-state index in [1.54, 1.807) is 29.5 Å². The Morgan fingerprint density at radius 2 is 1.94 bits per heavy atom. The zero-order valence-electron chi connectivity index (χ0n) is 19.9. The molecule has 0 aliphatic carbocycles. The van der Waals surface area contributed by atoms with E-state index in [2.05, 4.69) is 17.0 Å². The van der Waals surface area contributed by atoms with Gasteiger partial charge in [-0.1, -0.05) is 11.3 Å². The molecule has 4 rings (SSSR count). The summed E-state index contributed by atoms with van der Waals surface area (Å²) in [6.07, 6.45) is 2.09. The lowest BCUT2D eigenvalue weighted by molar-refractivity contribution is 0.0622. The maximum absolute atomic E-state index is 13.2. The summed E-state index contributed by atoms with van der Waals surface area (Å²) in [4.78, 5) is 17.3. The second-order valence-corrected chi connectivity index (χ2v) is 10.6. The van der Waals surface area contributed by atoms with Gasteiger partial charge in [-0.2, -0.15) is 0 Å². The molecule has 0 radical (unpaired) electrons. The van der Waals surface area contributed by atoms with Crippen LogP contribution in [-0.2, 0) is 15.7 Å². The highest BCUT2D eigenvalue weighted by atomic mass is 32.2. The van der Waals surface area contributed by atoms with Crippen LogP contribution in [0.4, 0.5) is 10.8 Å². The molecule has 1 aromatic heterocycles. The Balaban J connectivity index is 1.54. The number of rotatable bonds is 9. The number of hydrogen-bond acceptors (Lipinski definition) is 7. The number of aryl methyl sites for hydroxylation is 1. The summed E-state index contributed by atoms with van der Waals surface area (Å²) in [5.41, 5.74) is 2.51. The summed E-state index contributed by atoms with van der Waals surface area (Å²) in [7, 11) is -0.0885. The number of thiazole rings is 1. The molecule has 3 N–H and O–H groups in total. The molecular weight excluding hydrogens is 486 g/mol. The van der Waals surface area contributed by atoms with Crippen molar-refractivity contribution in [2.24, 2.45) is 5.92 Å². The highest BCUT2D eigenvalue weighted by molar-refractivity contribution is 7.86. The third-order valence-corrected chi connectivity index (χ3v) is 8.37. The largest absolute Gasteiger partial charge is 0.495 e. The molecule has 0 spiro atoms. The van der Waals surface area contributed by atoms with Crippen LogP contribution in [0.25, 0.3) is 10.4 Å². The van der Waals surface area contributed by atoms with Gasteiger partial charge in [0.2, 0.25) is 0 Å². The number of aromatic carboxylic acids is 1. The summed E-state index contributed by atoms with van der Waals surface area (Å²) in [5, 5.41) is 13.5. The Morgan fingerprint density at radius 1 is 1.23 bits per heavy atom. The van der Waals surface area contributed by atoms with Crippen molar-refractivity contribution in [2.45, 2.75) is 37.6 Å². The first kappa shape index (κ1) is 25.2. The van der Waals surface area contributed by atoms with E-state index in [1.807, 2.05) is 19.1 Å². The van der Waals surface area contributed by atoms with Gasteiger partial charge in [0.15, 0.2) is 16.1 Å². The van der Waals surface area contributed by atoms with Crippen molar-refractivity contribution in [1.82, 2.24) is 4.98 Å². The van der Waals surface area contributed by atoms with E-state index in [1.165, 1.54) is 19.2 Å². The van der Waals surface area contributed by atoms with Crippen molar-refractivity contribution >= 4 is 39.1 Å². The van der Waals surface area contributed by atoms with Gasteiger partial charge < -0.3 is 24.6 Å². The molecule has 2 unspecified atom stereocenters. The van der Waals surface area contributed by atoms with Crippen molar-refractivity contribution in [3.8, 4) is 16.2 Å². The predicted octanol–water partition coefficient (Wildman–Crippen LogP) is 5.19. The van der Waals surface area contributed by atoms with Crippen LogP contribution in [0.15, 0.2) is 47.4 Å². The van der Waals surface area contributed by atoms with E-state index in [0.717, 1.165) is 47.3 Å². The zero-order chi connectivity index (χ0) is 24.9. The molecule has 35 heavy (non-hydrogen) atoms. The standard InChI is InChI=1S/C25H29N3O5S2/c1-15(17-10-12-33-13-11-17)26-25-27-16(2)23(34-25)19-6-9-21(32-3)22(14-19)35(31)28-20-7-4-18(5-8-20)24(29)30/h4-9,14-15,17,28H,10-13H2,1-3H3,(H,26,27)(H,29,30). The molecule has 8 nitrogen and oxygen atoms in total. The number of hydrogen-bond donors (Lipinski definition) is 3. The fraction of sp³-hybridized carbons (Fsp3) is 0.360. The average Bonchev–Trinajstić information content (AvgIpc) is 3.24. The molecular formula is C25H29N3O5S2. The molecule has 0 saturated carbocycles. The third kappa shape index (κ3) is 6.01. The van der Waals surface area contributed by atoms with Crippen molar-refractivity contribution in [3.05, 3.63) is 53.7 Å². The number of carboxylic acids is 1. The number of aromatic nitrogens is 1. The topological polar surface area (TPSA) is 110 Å². The Bertz CT molecular complexity index is 1210. The second-order valence-electron chi connectivity index (χ2n) is 8.44. The average molecular weight is 516 g/mol. The molecule has 1 fully saturated rings. The van der Waals surface area contributed by atoms with Crippen molar-refractivity contribution in [3.63, 3.8) is 0 Å². The lowest BCUT2D eigenvalue weighted by atomic mass is 9.93. The minimum absolute atomic E-state index is 0.164. The summed E-state index contributed by atoms with van der Waals surface area (Å²) in [5.74, 6) is 0.0421. The quantitative estimate of drug-likeness (QED) is 0.360. The van der Waals surface area contributed by atoms with Gasteiger partial charge in [-0.3, -0.25) is 0 Å². The van der Waals surface area contributed by atoms with Gasteiger partial charge in [0.05, 0.1) is 23.2 Å². The maximum atomic E-state index is 13.2. The van der Waals surface area contributed by atoms with Gasteiger partial charge in [0.1, 0.15) is 10.6 Å². The molecule has 3 aromatic rings. The lowest BCUT2D eigenvalue weighted by Crippen LogP contribution is -2.30. The zero-order valence-corrected chi connectivity index (χ0v) is 21.5. The van der Waals surface area contributed by atoms with E-state index >= 15 is 0 Å². The molecule has 10 heteroatoms. The number of ether oxygens (including phenoxy) is 2. The number of nitrogens with zero attached hydrogens (tertiary/aromatic N) is 1. The van der Waals surface area contributed by atoms with E-state index < -0.39 is 17.0 Å². The van der Waals surface area contributed by atoms with Crippen LogP contribution in [0, 0.1) is 12.8 Å². The summed E-state index contributed by atoms with van der Waals surface area (Å²) >= 11 is 1.58. The number of anilines is 2. The van der Waals surface area contributed by atoms with Crippen LogP contribution in [0.3, 0.4) is 0 Å². The molecule has 2 atom stereocenters. The van der Waals surface area contributed by atoms with E-state index in [9.17, 15) is 9.00 Å². The highest BCUT2D eigenvalue weighted by Crippen LogP contribution is 2.37. The number of carbonyl (C=O) groups is 1. The first-order valence-corrected chi connectivity index (χ1v) is 13.3. The minimum Gasteiger partial charge on any atom is -0.495 e. The SMILES string of the molecule is COc1ccc(-c2sc(NC(C)C3CCOCC3)nc2C)cc1S(=O)Nc1ccc(C(=O)O)cc1. The molecule has 0 amide bonds. The molecule has 1 saturated heterocycles. The fourth-order valence-corrected chi connectivity index (χ4v) is 6.15. The monoisotopic (exact) mass is 515 g/mol. The van der Waals surface area contributed by atoms with E-state index in [-0.39, 0.29) is 5.56 Å². The van der Waals surface area contributed by atoms with Crippen LogP contribution in [0.5, 0.6) is 5.75 Å². The van der Waals surface area contributed by atoms with Gasteiger partial charge in [-0.05, 0) is 80.6 Å². The Morgan fingerprint density at radius 3 is 2.60 bits per heavy atom.